The molecule has 4 nitrogen and oxygen atoms in total. The van der Waals surface area contributed by atoms with Crippen LogP contribution in [0.15, 0.2) is 54.6 Å². The van der Waals surface area contributed by atoms with Gasteiger partial charge in [0.2, 0.25) is 0 Å². The van der Waals surface area contributed by atoms with E-state index < -0.39 is 0 Å². The molecule has 106 valence electrons. The lowest BCUT2D eigenvalue weighted by atomic mass is 10.1. The summed E-state index contributed by atoms with van der Waals surface area (Å²) in [5.41, 5.74) is 2.25. The van der Waals surface area contributed by atoms with Crippen molar-refractivity contribution in [2.24, 2.45) is 0 Å². The maximum Gasteiger partial charge on any atom is 0.274 e. The summed E-state index contributed by atoms with van der Waals surface area (Å²) in [6.07, 6.45) is 0. The van der Waals surface area contributed by atoms with E-state index in [1.807, 2.05) is 37.3 Å². The van der Waals surface area contributed by atoms with Gasteiger partial charge >= 0.3 is 0 Å². The van der Waals surface area contributed by atoms with E-state index in [0.29, 0.717) is 16.9 Å². The number of anilines is 1. The van der Waals surface area contributed by atoms with Gasteiger partial charge < -0.3 is 5.32 Å². The van der Waals surface area contributed by atoms with Crippen LogP contribution in [0.4, 0.5) is 5.69 Å². The van der Waals surface area contributed by atoms with Gasteiger partial charge in [0.05, 0.1) is 11.6 Å². The molecule has 3 rings (SSSR count). The fraction of sp³-hybridized carbons (Fsp3) is 0.0556. The van der Waals surface area contributed by atoms with Gasteiger partial charge in [-0.15, -0.1) is 0 Å². The van der Waals surface area contributed by atoms with Gasteiger partial charge in [-0.25, -0.2) is 4.98 Å². The summed E-state index contributed by atoms with van der Waals surface area (Å²) in [6.45, 7) is 1.86. The molecule has 0 aliphatic heterocycles. The highest BCUT2D eigenvalue weighted by Gasteiger charge is 2.13. The molecule has 1 aromatic heterocycles. The van der Waals surface area contributed by atoms with Crippen LogP contribution in [0.2, 0.25) is 0 Å². The molecule has 0 saturated heterocycles. The Morgan fingerprint density at radius 1 is 1.14 bits per heavy atom. The molecule has 0 spiro atoms. The van der Waals surface area contributed by atoms with E-state index in [2.05, 4.69) is 16.4 Å². The number of hydrogen-bond acceptors (Lipinski definition) is 3. The van der Waals surface area contributed by atoms with Gasteiger partial charge in [0.1, 0.15) is 5.69 Å². The number of pyridine rings is 1. The van der Waals surface area contributed by atoms with Crippen LogP contribution in [0.1, 0.15) is 21.7 Å². The normalized spacial score (nSPS) is 10.2. The van der Waals surface area contributed by atoms with Crippen molar-refractivity contribution >= 4 is 22.4 Å². The minimum Gasteiger partial charge on any atom is -0.321 e. The van der Waals surface area contributed by atoms with Gasteiger partial charge in [0.25, 0.3) is 5.91 Å². The Hall–Kier alpha value is -3.19. The first kappa shape index (κ1) is 13.8. The summed E-state index contributed by atoms with van der Waals surface area (Å²) in [4.78, 5) is 16.9. The Morgan fingerprint density at radius 2 is 1.95 bits per heavy atom. The second kappa shape index (κ2) is 5.66. The molecule has 3 aromatic rings. The fourth-order valence-corrected chi connectivity index (χ4v) is 2.36. The van der Waals surface area contributed by atoms with Crippen LogP contribution in [-0.4, -0.2) is 10.9 Å². The number of nitriles is 1. The lowest BCUT2D eigenvalue weighted by Gasteiger charge is -2.09. The van der Waals surface area contributed by atoms with E-state index in [-0.39, 0.29) is 5.91 Å². The summed E-state index contributed by atoms with van der Waals surface area (Å²) in [6, 6.07) is 18.4. The summed E-state index contributed by atoms with van der Waals surface area (Å²) < 4.78 is 0. The van der Waals surface area contributed by atoms with Crippen molar-refractivity contribution in [3.63, 3.8) is 0 Å². The predicted octanol–water partition coefficient (Wildman–Crippen LogP) is 3.67. The molecular weight excluding hydrogens is 274 g/mol. The summed E-state index contributed by atoms with van der Waals surface area (Å²) in [7, 11) is 0. The van der Waals surface area contributed by atoms with E-state index in [9.17, 15) is 4.79 Å². The molecule has 1 heterocycles. The molecule has 0 bridgehead atoms. The van der Waals surface area contributed by atoms with Gasteiger partial charge in [-0.1, -0.05) is 30.3 Å². The highest BCUT2D eigenvalue weighted by molar-refractivity contribution is 6.11. The number of carbonyl (C=O) groups is 1. The lowest BCUT2D eigenvalue weighted by molar-refractivity contribution is 0.102. The van der Waals surface area contributed by atoms with E-state index in [0.717, 1.165) is 16.5 Å². The number of hydrogen-bond donors (Lipinski definition) is 1. The minimum atomic E-state index is -0.282. The molecule has 1 N–H and O–H groups in total. The van der Waals surface area contributed by atoms with Gasteiger partial charge in [-0.2, -0.15) is 5.26 Å². The highest BCUT2D eigenvalue weighted by atomic mass is 16.1. The van der Waals surface area contributed by atoms with E-state index in [1.54, 1.807) is 24.3 Å². The first-order chi connectivity index (χ1) is 10.7. The third-order valence-corrected chi connectivity index (χ3v) is 3.33. The quantitative estimate of drug-likeness (QED) is 0.782. The minimum absolute atomic E-state index is 0.282. The van der Waals surface area contributed by atoms with Gasteiger partial charge in [0, 0.05) is 16.8 Å². The number of benzene rings is 2. The van der Waals surface area contributed by atoms with Crippen LogP contribution in [0.25, 0.3) is 10.8 Å². The van der Waals surface area contributed by atoms with Gasteiger partial charge in [-0.3, -0.25) is 4.79 Å². The fourth-order valence-electron chi connectivity index (χ4n) is 2.36. The zero-order chi connectivity index (χ0) is 15.5. The van der Waals surface area contributed by atoms with Crippen molar-refractivity contribution in [1.29, 1.82) is 5.26 Å². The molecule has 0 unspecified atom stereocenters. The topological polar surface area (TPSA) is 65.8 Å². The standard InChI is InChI=1S/C18H13N3O/c1-12-9-14-6-2-3-8-16(14)17(20-12)18(22)21-15-7-4-5-13(10-15)11-19/h2-10H,1H3,(H,21,22). The molecule has 0 atom stereocenters. The summed E-state index contributed by atoms with van der Waals surface area (Å²) >= 11 is 0. The first-order valence-corrected chi connectivity index (χ1v) is 6.85. The average Bonchev–Trinajstić information content (AvgIpc) is 2.54. The molecule has 0 saturated carbocycles. The zero-order valence-corrected chi connectivity index (χ0v) is 12.0. The highest BCUT2D eigenvalue weighted by Crippen LogP contribution is 2.20. The Labute approximate surface area is 128 Å². The van der Waals surface area contributed by atoms with Crippen LogP contribution in [0.5, 0.6) is 0 Å². The molecule has 0 radical (unpaired) electrons. The van der Waals surface area contributed by atoms with Gasteiger partial charge in [0.15, 0.2) is 0 Å². The number of fused-ring (bicyclic) bond motifs is 1. The van der Waals surface area contributed by atoms with Crippen LogP contribution in [0, 0.1) is 18.3 Å². The third-order valence-electron chi connectivity index (χ3n) is 3.33. The number of amides is 1. The first-order valence-electron chi connectivity index (χ1n) is 6.85. The van der Waals surface area contributed by atoms with Crippen molar-refractivity contribution in [2.45, 2.75) is 6.92 Å². The molecule has 1 amide bonds. The Morgan fingerprint density at radius 3 is 2.77 bits per heavy atom. The van der Waals surface area contributed by atoms with Crippen molar-refractivity contribution < 1.29 is 4.79 Å². The van der Waals surface area contributed by atoms with Crippen molar-refractivity contribution in [3.8, 4) is 6.07 Å². The summed E-state index contributed by atoms with van der Waals surface area (Å²) in [5.74, 6) is -0.282. The number of rotatable bonds is 2. The molecular formula is C18H13N3O. The van der Waals surface area contributed by atoms with Crippen LogP contribution < -0.4 is 5.32 Å². The van der Waals surface area contributed by atoms with Crippen LogP contribution >= 0.6 is 0 Å². The Kier molecular flexibility index (Phi) is 3.55. The van der Waals surface area contributed by atoms with E-state index in [4.69, 9.17) is 5.26 Å². The number of nitrogens with zero attached hydrogens (tertiary/aromatic N) is 2. The van der Waals surface area contributed by atoms with E-state index >= 15 is 0 Å². The molecule has 0 aliphatic carbocycles. The number of carbonyl (C=O) groups excluding carboxylic acids is 1. The van der Waals surface area contributed by atoms with Crippen LogP contribution in [0.3, 0.4) is 0 Å². The monoisotopic (exact) mass is 287 g/mol. The average molecular weight is 287 g/mol. The van der Waals surface area contributed by atoms with Crippen LogP contribution in [-0.2, 0) is 0 Å². The Balaban J connectivity index is 2.00. The van der Waals surface area contributed by atoms with Crippen molar-refractivity contribution in [1.82, 2.24) is 4.98 Å². The smallest absolute Gasteiger partial charge is 0.274 e. The second-order valence-electron chi connectivity index (χ2n) is 4.98. The summed E-state index contributed by atoms with van der Waals surface area (Å²) in [5, 5.41) is 13.5. The maximum absolute atomic E-state index is 12.5. The largest absolute Gasteiger partial charge is 0.321 e. The number of nitrogens with one attached hydrogen (secondary N) is 1. The number of aromatic nitrogens is 1. The lowest BCUT2D eigenvalue weighted by Crippen LogP contribution is -2.14. The molecule has 22 heavy (non-hydrogen) atoms. The van der Waals surface area contributed by atoms with E-state index in [1.165, 1.54) is 0 Å². The third kappa shape index (κ3) is 2.65. The molecule has 4 heteroatoms. The molecule has 0 fully saturated rings. The SMILES string of the molecule is Cc1cc2ccccc2c(C(=O)Nc2cccc(C#N)c2)n1. The van der Waals surface area contributed by atoms with Crippen molar-refractivity contribution in [3.05, 3.63) is 71.5 Å². The van der Waals surface area contributed by atoms with Gasteiger partial charge in [-0.05, 0) is 36.6 Å². The predicted molar refractivity (Wildman–Crippen MR) is 85.6 cm³/mol. The zero-order valence-electron chi connectivity index (χ0n) is 12.0. The Bertz CT molecular complexity index is 910. The van der Waals surface area contributed by atoms with Crippen molar-refractivity contribution in [2.75, 3.05) is 5.32 Å². The molecule has 2 aromatic carbocycles. The second-order valence-corrected chi connectivity index (χ2v) is 4.98. The maximum atomic E-state index is 12.5. The molecule has 0 aliphatic rings. The number of aryl methyl sites for hydroxylation is 1.